The van der Waals surface area contributed by atoms with Crippen LogP contribution in [-0.2, 0) is 26.3 Å². The van der Waals surface area contributed by atoms with Crippen molar-refractivity contribution in [2.75, 3.05) is 23.9 Å². The van der Waals surface area contributed by atoms with Gasteiger partial charge in [0.2, 0.25) is 0 Å². The van der Waals surface area contributed by atoms with E-state index < -0.39 is 27.6 Å². The van der Waals surface area contributed by atoms with Crippen molar-refractivity contribution in [2.45, 2.75) is 44.8 Å². The topological polar surface area (TPSA) is 60.4 Å². The van der Waals surface area contributed by atoms with E-state index in [4.69, 9.17) is 16.3 Å². The summed E-state index contributed by atoms with van der Waals surface area (Å²) >= 11 is 5.81. The van der Waals surface area contributed by atoms with Crippen LogP contribution in [0, 0.1) is 0 Å². The summed E-state index contributed by atoms with van der Waals surface area (Å²) in [6.07, 6.45) is 3.64. The van der Waals surface area contributed by atoms with Crippen LogP contribution in [0.3, 0.4) is 0 Å². The summed E-state index contributed by atoms with van der Waals surface area (Å²) in [5.74, 6) is 0.978. The van der Waals surface area contributed by atoms with Gasteiger partial charge in [-0.25, -0.2) is 4.79 Å². The van der Waals surface area contributed by atoms with Gasteiger partial charge in [-0.1, -0.05) is 38.3 Å². The lowest BCUT2D eigenvalue weighted by Crippen LogP contribution is -2.31. The Kier molecular flexibility index (Phi) is 11.3. The average molecular weight is 407 g/mol. The van der Waals surface area contributed by atoms with Gasteiger partial charge in [0.1, 0.15) is 6.61 Å². The number of unbranched alkanes of at least 4 members (excludes halogenated alkanes) is 2. The highest BCUT2D eigenvalue weighted by atomic mass is 35.5. The quantitative estimate of drug-likeness (QED) is 0.493. The lowest BCUT2D eigenvalue weighted by molar-refractivity contribution is 0.0510. The Bertz CT molecular complexity index is 575. The maximum atomic E-state index is 12.5. The first kappa shape index (κ1) is 22.3. The summed E-state index contributed by atoms with van der Waals surface area (Å²) in [5.41, 5.74) is 0.398. The van der Waals surface area contributed by atoms with Crippen LogP contribution < -0.4 is 0 Å². The van der Waals surface area contributed by atoms with Crippen LogP contribution in [-0.4, -0.2) is 43.5 Å². The van der Waals surface area contributed by atoms with E-state index in [9.17, 15) is 13.2 Å². The molecule has 0 unspecified atom stereocenters. The SMILES string of the molecule is CCCC[S@@](=O)C[C@H](COC(=O)c1ccc(Cl)cc1)[S@](=O)CCCC. The largest absolute Gasteiger partial charge is 0.461 e. The van der Waals surface area contributed by atoms with Crippen molar-refractivity contribution in [3.05, 3.63) is 34.9 Å². The molecular formula is C18H27ClO4S2. The molecule has 25 heavy (non-hydrogen) atoms. The summed E-state index contributed by atoms with van der Waals surface area (Å²) in [6, 6.07) is 6.42. The molecule has 7 heteroatoms. The van der Waals surface area contributed by atoms with Gasteiger partial charge in [-0.3, -0.25) is 8.42 Å². The van der Waals surface area contributed by atoms with Crippen LogP contribution in [0.2, 0.25) is 5.02 Å². The molecule has 1 rings (SSSR count). The number of halogens is 1. The molecule has 1 aromatic carbocycles. The molecule has 0 radical (unpaired) electrons. The van der Waals surface area contributed by atoms with E-state index in [0.717, 1.165) is 25.7 Å². The number of benzene rings is 1. The number of hydrogen-bond donors (Lipinski definition) is 0. The van der Waals surface area contributed by atoms with Crippen molar-refractivity contribution in [3.8, 4) is 0 Å². The molecule has 142 valence electrons. The van der Waals surface area contributed by atoms with Crippen molar-refractivity contribution in [3.63, 3.8) is 0 Å². The Hall–Kier alpha value is -0.720. The zero-order valence-corrected chi connectivity index (χ0v) is 17.3. The number of hydrogen-bond acceptors (Lipinski definition) is 4. The van der Waals surface area contributed by atoms with E-state index in [0.29, 0.717) is 27.8 Å². The standard InChI is InChI=1S/C18H27ClO4S2/c1-3-5-11-24(21)14-17(25(22)12-6-4-2)13-23-18(20)15-7-9-16(19)10-8-15/h7-10,17H,3-6,11-14H2,1-2H3/t17-,24+,25+/m0/s1. The van der Waals surface area contributed by atoms with E-state index in [-0.39, 0.29) is 11.9 Å². The first-order chi connectivity index (χ1) is 12.0. The normalized spacial score (nSPS) is 14.7. The number of carbonyl (C=O) groups excluding carboxylic acids is 1. The van der Waals surface area contributed by atoms with E-state index >= 15 is 0 Å². The molecule has 0 heterocycles. The molecule has 0 aliphatic carbocycles. The predicted molar refractivity (Wildman–Crippen MR) is 106 cm³/mol. The van der Waals surface area contributed by atoms with Gasteiger partial charge in [-0.05, 0) is 37.1 Å². The maximum absolute atomic E-state index is 12.5. The van der Waals surface area contributed by atoms with Gasteiger partial charge in [0.25, 0.3) is 0 Å². The van der Waals surface area contributed by atoms with Gasteiger partial charge < -0.3 is 4.74 Å². The third-order valence-electron chi connectivity index (χ3n) is 3.65. The molecule has 0 aliphatic rings. The number of carbonyl (C=O) groups is 1. The molecule has 4 nitrogen and oxygen atoms in total. The third-order valence-corrected chi connectivity index (χ3v) is 7.37. The molecule has 3 atom stereocenters. The second-order valence-electron chi connectivity index (χ2n) is 5.83. The summed E-state index contributed by atoms with van der Waals surface area (Å²) in [6.45, 7) is 4.10. The van der Waals surface area contributed by atoms with E-state index in [1.54, 1.807) is 24.3 Å². The predicted octanol–water partition coefficient (Wildman–Crippen LogP) is 3.96. The molecule has 0 spiro atoms. The lowest BCUT2D eigenvalue weighted by Gasteiger charge is -2.16. The fourth-order valence-corrected chi connectivity index (χ4v) is 5.69. The summed E-state index contributed by atoms with van der Waals surface area (Å²) in [7, 11) is -2.19. The molecule has 1 aromatic rings. The first-order valence-electron chi connectivity index (χ1n) is 8.62. The minimum atomic E-state index is -1.15. The molecule has 0 amide bonds. The first-order valence-corrected chi connectivity index (χ1v) is 11.9. The molecule has 0 saturated heterocycles. The van der Waals surface area contributed by atoms with Gasteiger partial charge in [0.15, 0.2) is 0 Å². The Balaban J connectivity index is 2.64. The van der Waals surface area contributed by atoms with Crippen molar-refractivity contribution in [1.29, 1.82) is 0 Å². The van der Waals surface area contributed by atoms with Crippen LogP contribution in [0.5, 0.6) is 0 Å². The number of rotatable bonds is 12. The van der Waals surface area contributed by atoms with E-state index in [1.165, 1.54) is 0 Å². The zero-order chi connectivity index (χ0) is 18.7. The summed E-state index contributed by atoms with van der Waals surface area (Å²) < 4.78 is 30.0. The van der Waals surface area contributed by atoms with E-state index in [2.05, 4.69) is 0 Å². The summed E-state index contributed by atoms with van der Waals surface area (Å²) in [4.78, 5) is 12.1. The van der Waals surface area contributed by atoms with Crippen LogP contribution in [0.4, 0.5) is 0 Å². The molecule has 0 aliphatic heterocycles. The second-order valence-corrected chi connectivity index (χ2v) is 9.72. The number of esters is 1. The fraction of sp³-hybridized carbons (Fsp3) is 0.611. The van der Waals surface area contributed by atoms with Gasteiger partial charge >= 0.3 is 5.97 Å². The molecular weight excluding hydrogens is 380 g/mol. The van der Waals surface area contributed by atoms with Gasteiger partial charge in [-0.15, -0.1) is 0 Å². The average Bonchev–Trinajstić information content (AvgIpc) is 2.61. The Morgan fingerprint density at radius 3 is 2.28 bits per heavy atom. The molecule has 0 fully saturated rings. The van der Waals surface area contributed by atoms with E-state index in [1.807, 2.05) is 13.8 Å². The number of ether oxygens (including phenoxy) is 1. The van der Waals surface area contributed by atoms with Crippen molar-refractivity contribution in [1.82, 2.24) is 0 Å². The van der Waals surface area contributed by atoms with Crippen LogP contribution in [0.1, 0.15) is 49.9 Å². The molecule has 0 aromatic heterocycles. The van der Waals surface area contributed by atoms with Gasteiger partial charge in [0, 0.05) is 43.9 Å². The Morgan fingerprint density at radius 2 is 1.68 bits per heavy atom. The monoisotopic (exact) mass is 406 g/mol. The third kappa shape index (κ3) is 8.97. The lowest BCUT2D eigenvalue weighted by atomic mass is 10.2. The highest BCUT2D eigenvalue weighted by Crippen LogP contribution is 2.12. The zero-order valence-electron chi connectivity index (χ0n) is 14.9. The van der Waals surface area contributed by atoms with Crippen molar-refractivity contribution in [2.24, 2.45) is 0 Å². The van der Waals surface area contributed by atoms with Crippen LogP contribution in [0.25, 0.3) is 0 Å². The van der Waals surface area contributed by atoms with Crippen LogP contribution >= 0.6 is 11.6 Å². The fourth-order valence-electron chi connectivity index (χ4n) is 2.09. The Labute approximate surface area is 160 Å². The molecule has 0 bridgehead atoms. The highest BCUT2D eigenvalue weighted by molar-refractivity contribution is 7.89. The van der Waals surface area contributed by atoms with Gasteiger partial charge in [0.05, 0.1) is 10.8 Å². The van der Waals surface area contributed by atoms with Crippen LogP contribution in [0.15, 0.2) is 24.3 Å². The summed E-state index contributed by atoms with van der Waals surface area (Å²) in [5, 5.41) is 0.155. The highest BCUT2D eigenvalue weighted by Gasteiger charge is 2.22. The minimum Gasteiger partial charge on any atom is -0.461 e. The van der Waals surface area contributed by atoms with Crippen molar-refractivity contribution < 1.29 is 17.9 Å². The smallest absolute Gasteiger partial charge is 0.338 e. The Morgan fingerprint density at radius 1 is 1.08 bits per heavy atom. The molecule has 0 saturated carbocycles. The second kappa shape index (κ2) is 12.6. The van der Waals surface area contributed by atoms with Gasteiger partial charge in [-0.2, -0.15) is 0 Å². The maximum Gasteiger partial charge on any atom is 0.338 e. The minimum absolute atomic E-state index is 0.0235. The van der Waals surface area contributed by atoms with Crippen molar-refractivity contribution >= 4 is 39.2 Å². The molecule has 0 N–H and O–H groups in total.